The standard InChI is InChI=1S/C16H22N6O3/c1-2-19-15-14(16(24)22-5-3-4-21(15)22)20-12-9-13(25-7-6-23)11(18)8-10(12)17/h8-9,23H,2-7,17-18H2,1H3. The van der Waals surface area contributed by atoms with Gasteiger partial charge in [0.1, 0.15) is 12.4 Å². The number of hydrogen-bond donors (Lipinski definition) is 3. The smallest absolute Gasteiger partial charge is 0.294 e. The summed E-state index contributed by atoms with van der Waals surface area (Å²) >= 11 is 0. The number of aliphatic hydroxyl groups is 1. The van der Waals surface area contributed by atoms with Crippen LogP contribution in [0.15, 0.2) is 22.1 Å². The number of benzene rings is 1. The third-order valence-corrected chi connectivity index (χ3v) is 3.97. The fourth-order valence-electron chi connectivity index (χ4n) is 2.89. The van der Waals surface area contributed by atoms with Crippen LogP contribution in [-0.4, -0.2) is 65.4 Å². The number of hydrogen-bond acceptors (Lipinski definition) is 7. The maximum Gasteiger partial charge on any atom is 0.294 e. The van der Waals surface area contributed by atoms with Gasteiger partial charge < -0.3 is 21.3 Å². The van der Waals surface area contributed by atoms with E-state index in [1.807, 2.05) is 11.9 Å². The monoisotopic (exact) mass is 346 g/mol. The second kappa shape index (κ2) is 6.98. The van der Waals surface area contributed by atoms with E-state index in [1.165, 1.54) is 6.07 Å². The molecule has 9 heteroatoms. The Balaban J connectivity index is 2.01. The van der Waals surface area contributed by atoms with Gasteiger partial charge in [0, 0.05) is 25.7 Å². The molecule has 0 saturated carbocycles. The van der Waals surface area contributed by atoms with Gasteiger partial charge in [-0.15, -0.1) is 0 Å². The molecule has 0 bridgehead atoms. The summed E-state index contributed by atoms with van der Waals surface area (Å²) in [6.45, 7) is 3.82. The molecule has 2 aliphatic heterocycles. The van der Waals surface area contributed by atoms with Crippen LogP contribution < -0.4 is 16.2 Å². The lowest BCUT2D eigenvalue weighted by molar-refractivity contribution is -0.129. The lowest BCUT2D eigenvalue weighted by Crippen LogP contribution is -2.34. The van der Waals surface area contributed by atoms with Gasteiger partial charge in [0.25, 0.3) is 5.91 Å². The number of ether oxygens (including phenoxy) is 1. The van der Waals surface area contributed by atoms with Crippen molar-refractivity contribution in [3.05, 3.63) is 12.1 Å². The minimum Gasteiger partial charge on any atom is -0.489 e. The number of nitrogen functional groups attached to an aromatic ring is 2. The van der Waals surface area contributed by atoms with Crippen molar-refractivity contribution in [2.75, 3.05) is 44.3 Å². The minimum absolute atomic E-state index is 0.104. The fraction of sp³-hybridized carbons (Fsp3) is 0.438. The summed E-state index contributed by atoms with van der Waals surface area (Å²) in [6.07, 6.45) is 0.908. The first-order valence-electron chi connectivity index (χ1n) is 8.22. The van der Waals surface area contributed by atoms with E-state index in [9.17, 15) is 4.79 Å². The van der Waals surface area contributed by atoms with E-state index in [4.69, 9.17) is 21.3 Å². The molecule has 25 heavy (non-hydrogen) atoms. The van der Waals surface area contributed by atoms with Crippen LogP contribution in [0.3, 0.4) is 0 Å². The van der Waals surface area contributed by atoms with Gasteiger partial charge in [-0.1, -0.05) is 0 Å². The molecule has 134 valence electrons. The van der Waals surface area contributed by atoms with Crippen molar-refractivity contribution < 1.29 is 14.6 Å². The molecule has 1 aromatic rings. The van der Waals surface area contributed by atoms with Crippen molar-refractivity contribution in [3.63, 3.8) is 0 Å². The zero-order valence-corrected chi connectivity index (χ0v) is 14.1. The van der Waals surface area contributed by atoms with E-state index < -0.39 is 0 Å². The Morgan fingerprint density at radius 3 is 2.72 bits per heavy atom. The average Bonchev–Trinajstić information content (AvgIpc) is 3.15. The lowest BCUT2D eigenvalue weighted by Gasteiger charge is -2.18. The normalized spacial score (nSPS) is 20.0. The van der Waals surface area contributed by atoms with Crippen LogP contribution in [0.25, 0.3) is 0 Å². The number of amides is 1. The van der Waals surface area contributed by atoms with Gasteiger partial charge in [0.15, 0.2) is 11.5 Å². The summed E-state index contributed by atoms with van der Waals surface area (Å²) in [6, 6.07) is 3.10. The van der Waals surface area contributed by atoms with Gasteiger partial charge >= 0.3 is 0 Å². The van der Waals surface area contributed by atoms with E-state index in [-0.39, 0.29) is 24.8 Å². The average molecular weight is 346 g/mol. The van der Waals surface area contributed by atoms with Crippen LogP contribution in [0.1, 0.15) is 13.3 Å². The highest BCUT2D eigenvalue weighted by molar-refractivity contribution is 6.69. The van der Waals surface area contributed by atoms with Gasteiger partial charge in [-0.3, -0.25) is 14.8 Å². The number of amidine groups is 1. The van der Waals surface area contributed by atoms with Crippen molar-refractivity contribution >= 4 is 34.5 Å². The molecule has 2 aliphatic rings. The SMILES string of the molecule is CCN=C1C(=Nc2cc(OCCO)c(N)cc2N)C(=O)N2CCCN12. The fourth-order valence-corrected chi connectivity index (χ4v) is 2.89. The van der Waals surface area contributed by atoms with E-state index >= 15 is 0 Å². The third kappa shape index (κ3) is 3.10. The van der Waals surface area contributed by atoms with Crippen LogP contribution in [-0.2, 0) is 4.79 Å². The summed E-state index contributed by atoms with van der Waals surface area (Å²) in [4.78, 5) is 21.5. The largest absolute Gasteiger partial charge is 0.489 e. The van der Waals surface area contributed by atoms with Crippen LogP contribution in [0, 0.1) is 0 Å². The first-order valence-corrected chi connectivity index (χ1v) is 8.22. The number of carbonyl (C=O) groups is 1. The van der Waals surface area contributed by atoms with Gasteiger partial charge in [-0.2, -0.15) is 0 Å². The first kappa shape index (κ1) is 17.0. The molecule has 0 atom stereocenters. The molecule has 0 aliphatic carbocycles. The van der Waals surface area contributed by atoms with E-state index in [0.717, 1.165) is 13.0 Å². The zero-order chi connectivity index (χ0) is 18.0. The Morgan fingerprint density at radius 2 is 2.00 bits per heavy atom. The van der Waals surface area contributed by atoms with E-state index in [1.54, 1.807) is 11.1 Å². The Hall–Kier alpha value is -2.81. The number of rotatable bonds is 5. The molecular weight excluding hydrogens is 324 g/mol. The summed E-state index contributed by atoms with van der Waals surface area (Å²) < 4.78 is 5.39. The molecule has 0 unspecified atom stereocenters. The maximum absolute atomic E-state index is 12.7. The number of aliphatic hydroxyl groups excluding tert-OH is 1. The van der Waals surface area contributed by atoms with Crippen LogP contribution in [0.4, 0.5) is 17.1 Å². The number of carbonyl (C=O) groups excluding carboxylic acids is 1. The number of aliphatic imine (C=N–C) groups is 2. The maximum atomic E-state index is 12.7. The number of nitrogens with zero attached hydrogens (tertiary/aromatic N) is 4. The summed E-state index contributed by atoms with van der Waals surface area (Å²) in [5.41, 5.74) is 13.2. The minimum atomic E-state index is -0.182. The second-order valence-corrected chi connectivity index (χ2v) is 5.68. The number of fused-ring (bicyclic) bond motifs is 1. The number of hydrazine groups is 1. The Labute approximate surface area is 145 Å². The zero-order valence-electron chi connectivity index (χ0n) is 14.1. The molecule has 1 aromatic carbocycles. The molecule has 1 amide bonds. The van der Waals surface area contributed by atoms with Crippen molar-refractivity contribution in [1.29, 1.82) is 0 Å². The summed E-state index contributed by atoms with van der Waals surface area (Å²) in [7, 11) is 0. The Kier molecular flexibility index (Phi) is 4.75. The highest BCUT2D eigenvalue weighted by Crippen LogP contribution is 2.34. The number of nitrogens with two attached hydrogens (primary N) is 2. The quantitative estimate of drug-likeness (QED) is 0.652. The highest BCUT2D eigenvalue weighted by atomic mass is 16.5. The molecule has 0 aromatic heterocycles. The molecular formula is C16H22N6O3. The predicted molar refractivity (Wildman–Crippen MR) is 96.0 cm³/mol. The van der Waals surface area contributed by atoms with Crippen LogP contribution in [0.2, 0.25) is 0 Å². The Morgan fingerprint density at radius 1 is 1.24 bits per heavy atom. The predicted octanol–water partition coefficient (Wildman–Crippen LogP) is 0.176. The second-order valence-electron chi connectivity index (χ2n) is 5.68. The highest BCUT2D eigenvalue weighted by Gasteiger charge is 2.43. The molecule has 0 radical (unpaired) electrons. The van der Waals surface area contributed by atoms with Crippen LogP contribution >= 0.6 is 0 Å². The van der Waals surface area contributed by atoms with E-state index in [2.05, 4.69) is 9.98 Å². The molecule has 5 N–H and O–H groups in total. The van der Waals surface area contributed by atoms with Crippen molar-refractivity contribution in [2.45, 2.75) is 13.3 Å². The van der Waals surface area contributed by atoms with Gasteiger partial charge in [-0.25, -0.2) is 10.0 Å². The van der Waals surface area contributed by atoms with Crippen molar-refractivity contribution in [3.8, 4) is 5.75 Å². The van der Waals surface area contributed by atoms with Crippen molar-refractivity contribution in [1.82, 2.24) is 10.0 Å². The van der Waals surface area contributed by atoms with Crippen molar-refractivity contribution in [2.24, 2.45) is 9.98 Å². The van der Waals surface area contributed by atoms with Crippen LogP contribution in [0.5, 0.6) is 5.75 Å². The summed E-state index contributed by atoms with van der Waals surface area (Å²) in [5, 5.41) is 12.4. The third-order valence-electron chi connectivity index (χ3n) is 3.97. The summed E-state index contributed by atoms with van der Waals surface area (Å²) in [5.74, 6) is 0.751. The number of anilines is 2. The Bertz CT molecular complexity index is 746. The molecule has 9 nitrogen and oxygen atoms in total. The molecule has 2 saturated heterocycles. The van der Waals surface area contributed by atoms with Gasteiger partial charge in [0.05, 0.1) is 23.7 Å². The topological polar surface area (TPSA) is 130 Å². The first-order chi connectivity index (χ1) is 12.1. The molecule has 2 heterocycles. The van der Waals surface area contributed by atoms with Gasteiger partial charge in [0.2, 0.25) is 0 Å². The molecule has 0 spiro atoms. The van der Waals surface area contributed by atoms with Gasteiger partial charge in [-0.05, 0) is 19.4 Å². The lowest BCUT2D eigenvalue weighted by atomic mass is 10.2. The van der Waals surface area contributed by atoms with E-state index in [0.29, 0.717) is 41.7 Å². The molecule has 3 rings (SSSR count). The molecule has 2 fully saturated rings.